The molecule has 2 aromatic carbocycles. The lowest BCUT2D eigenvalue weighted by atomic mass is 10.1. The third-order valence-electron chi connectivity index (χ3n) is 6.18. The van der Waals surface area contributed by atoms with E-state index in [-0.39, 0.29) is 22.5 Å². The van der Waals surface area contributed by atoms with Gasteiger partial charge in [0.1, 0.15) is 11.4 Å². The molecule has 0 unspecified atom stereocenters. The number of benzene rings is 2. The van der Waals surface area contributed by atoms with Gasteiger partial charge in [0.15, 0.2) is 0 Å². The van der Waals surface area contributed by atoms with Crippen LogP contribution in [0, 0.1) is 13.8 Å². The van der Waals surface area contributed by atoms with Crippen LogP contribution in [0.5, 0.6) is 0 Å². The molecule has 0 spiro atoms. The first-order valence-corrected chi connectivity index (χ1v) is 12.1. The summed E-state index contributed by atoms with van der Waals surface area (Å²) in [6.45, 7) is 3.52. The van der Waals surface area contributed by atoms with Crippen molar-refractivity contribution in [3.8, 4) is 22.5 Å². The highest BCUT2D eigenvalue weighted by molar-refractivity contribution is 6.06. The SMILES string of the molecule is COC(=O)c1[nH]c(-c2ccccc2)c(C)c1C(=O)OC.COC(=O)c1[nH]c(-c2ccccc2)c(C)c1C(=O)OC. The van der Waals surface area contributed by atoms with Crippen LogP contribution in [0.25, 0.3) is 22.5 Å². The van der Waals surface area contributed by atoms with Crippen LogP contribution >= 0.6 is 0 Å². The van der Waals surface area contributed by atoms with Crippen molar-refractivity contribution < 1.29 is 38.1 Å². The van der Waals surface area contributed by atoms with Crippen LogP contribution in [-0.2, 0) is 18.9 Å². The minimum Gasteiger partial charge on any atom is -0.465 e. The fourth-order valence-corrected chi connectivity index (χ4v) is 4.20. The molecule has 0 saturated heterocycles. The molecular formula is C30H30N2O8. The summed E-state index contributed by atoms with van der Waals surface area (Å²) in [6.07, 6.45) is 0. The second-order valence-electron chi connectivity index (χ2n) is 8.45. The van der Waals surface area contributed by atoms with Crippen molar-refractivity contribution >= 4 is 23.9 Å². The quantitative estimate of drug-likeness (QED) is 0.251. The Balaban J connectivity index is 0.000000220. The summed E-state index contributed by atoms with van der Waals surface area (Å²) in [4.78, 5) is 53.2. The second kappa shape index (κ2) is 13.1. The molecule has 10 heteroatoms. The van der Waals surface area contributed by atoms with Crippen molar-refractivity contribution in [3.63, 3.8) is 0 Å². The Morgan fingerprint density at radius 1 is 0.500 bits per heavy atom. The van der Waals surface area contributed by atoms with Gasteiger partial charge in [-0.25, -0.2) is 19.2 Å². The molecule has 0 aliphatic carbocycles. The highest BCUT2D eigenvalue weighted by atomic mass is 16.5. The zero-order chi connectivity index (χ0) is 29.4. The van der Waals surface area contributed by atoms with Crippen LogP contribution in [0.2, 0.25) is 0 Å². The lowest BCUT2D eigenvalue weighted by Crippen LogP contribution is -2.11. The van der Waals surface area contributed by atoms with Crippen LogP contribution in [0.15, 0.2) is 60.7 Å². The highest BCUT2D eigenvalue weighted by Gasteiger charge is 2.27. The van der Waals surface area contributed by atoms with E-state index in [1.54, 1.807) is 13.8 Å². The molecule has 0 radical (unpaired) electrons. The van der Waals surface area contributed by atoms with Crippen LogP contribution in [0.3, 0.4) is 0 Å². The maximum absolute atomic E-state index is 11.9. The third-order valence-corrected chi connectivity index (χ3v) is 6.18. The van der Waals surface area contributed by atoms with Gasteiger partial charge in [0, 0.05) is 11.4 Å². The van der Waals surface area contributed by atoms with Gasteiger partial charge in [0.2, 0.25) is 0 Å². The summed E-state index contributed by atoms with van der Waals surface area (Å²) in [5, 5.41) is 0. The van der Waals surface area contributed by atoms with E-state index in [1.165, 1.54) is 28.4 Å². The normalized spacial score (nSPS) is 10.2. The lowest BCUT2D eigenvalue weighted by Gasteiger charge is -2.02. The molecule has 0 bridgehead atoms. The molecule has 0 fully saturated rings. The molecule has 0 aliphatic rings. The summed E-state index contributed by atoms with van der Waals surface area (Å²) < 4.78 is 18.9. The molecule has 4 aromatic rings. The van der Waals surface area contributed by atoms with E-state index in [1.807, 2.05) is 60.7 Å². The Bertz CT molecular complexity index is 1400. The number of methoxy groups -OCH3 is 4. The zero-order valence-electron chi connectivity index (χ0n) is 23.0. The standard InChI is InChI=1S/2C15H15NO4/c2*1-9-11(14(17)19-2)13(15(18)20-3)16-12(9)10-7-5-4-6-8-10/h2*4-8,16H,1-3H3. The third kappa shape index (κ3) is 5.96. The van der Waals surface area contributed by atoms with Gasteiger partial charge in [-0.05, 0) is 36.1 Å². The Kier molecular flexibility index (Phi) is 9.64. The highest BCUT2D eigenvalue weighted by Crippen LogP contribution is 2.29. The maximum atomic E-state index is 11.9. The lowest BCUT2D eigenvalue weighted by molar-refractivity contribution is 0.0551. The first-order chi connectivity index (χ1) is 19.2. The van der Waals surface area contributed by atoms with Crippen molar-refractivity contribution in [1.82, 2.24) is 9.97 Å². The Hall–Kier alpha value is -5.12. The molecule has 40 heavy (non-hydrogen) atoms. The van der Waals surface area contributed by atoms with Crippen LogP contribution in [0.4, 0.5) is 0 Å². The number of hydrogen-bond acceptors (Lipinski definition) is 8. The molecule has 0 aliphatic heterocycles. The molecule has 10 nitrogen and oxygen atoms in total. The smallest absolute Gasteiger partial charge is 0.355 e. The molecule has 208 valence electrons. The molecule has 4 rings (SSSR count). The molecule has 0 saturated carbocycles. The summed E-state index contributed by atoms with van der Waals surface area (Å²) in [7, 11) is 5.08. The summed E-state index contributed by atoms with van der Waals surface area (Å²) in [5.74, 6) is -2.34. The minimum atomic E-state index is -0.601. The van der Waals surface area contributed by atoms with Gasteiger partial charge in [0.05, 0.1) is 39.6 Å². The molecule has 2 aromatic heterocycles. The number of rotatable bonds is 6. The summed E-state index contributed by atoms with van der Waals surface area (Å²) in [6, 6.07) is 18.9. The topological polar surface area (TPSA) is 137 Å². The Morgan fingerprint density at radius 3 is 1.07 bits per heavy atom. The fourth-order valence-electron chi connectivity index (χ4n) is 4.20. The number of ether oxygens (including phenoxy) is 4. The molecule has 0 atom stereocenters. The predicted molar refractivity (Wildman–Crippen MR) is 147 cm³/mol. The predicted octanol–water partition coefficient (Wildman–Crippen LogP) is 5.13. The Labute approximate surface area is 231 Å². The second-order valence-corrected chi connectivity index (χ2v) is 8.45. The fraction of sp³-hybridized carbons (Fsp3) is 0.200. The number of nitrogens with one attached hydrogen (secondary N) is 2. The van der Waals surface area contributed by atoms with E-state index in [0.29, 0.717) is 22.5 Å². The van der Waals surface area contributed by atoms with E-state index in [2.05, 4.69) is 9.97 Å². The van der Waals surface area contributed by atoms with E-state index in [9.17, 15) is 19.2 Å². The zero-order valence-corrected chi connectivity index (χ0v) is 23.0. The van der Waals surface area contributed by atoms with Gasteiger partial charge in [0.25, 0.3) is 0 Å². The van der Waals surface area contributed by atoms with Crippen molar-refractivity contribution in [2.24, 2.45) is 0 Å². The van der Waals surface area contributed by atoms with Gasteiger partial charge < -0.3 is 28.9 Å². The number of aromatic amines is 2. The monoisotopic (exact) mass is 546 g/mol. The van der Waals surface area contributed by atoms with Crippen molar-refractivity contribution in [3.05, 3.63) is 94.3 Å². The molecule has 2 N–H and O–H groups in total. The van der Waals surface area contributed by atoms with E-state index < -0.39 is 23.9 Å². The first kappa shape index (κ1) is 29.4. The number of esters is 4. The average Bonchev–Trinajstić information content (AvgIpc) is 3.53. The van der Waals surface area contributed by atoms with E-state index >= 15 is 0 Å². The number of carbonyl (C=O) groups excluding carboxylic acids is 4. The number of carbonyl (C=O) groups is 4. The minimum absolute atomic E-state index is 0.107. The van der Waals surface area contributed by atoms with Crippen molar-refractivity contribution in [1.29, 1.82) is 0 Å². The van der Waals surface area contributed by atoms with Gasteiger partial charge in [-0.1, -0.05) is 60.7 Å². The van der Waals surface area contributed by atoms with Gasteiger partial charge in [-0.2, -0.15) is 0 Å². The molecule has 2 heterocycles. The van der Waals surface area contributed by atoms with Crippen LogP contribution in [0.1, 0.15) is 52.8 Å². The number of aromatic nitrogens is 2. The molecular weight excluding hydrogens is 516 g/mol. The summed E-state index contributed by atoms with van der Waals surface area (Å²) in [5.41, 5.74) is 5.10. The molecule has 0 amide bonds. The van der Waals surface area contributed by atoms with Gasteiger partial charge in [-0.3, -0.25) is 0 Å². The van der Waals surface area contributed by atoms with Gasteiger partial charge >= 0.3 is 23.9 Å². The number of H-pyrrole nitrogens is 2. The Morgan fingerprint density at radius 2 is 0.800 bits per heavy atom. The summed E-state index contributed by atoms with van der Waals surface area (Å²) >= 11 is 0. The van der Waals surface area contributed by atoms with E-state index in [4.69, 9.17) is 18.9 Å². The average molecular weight is 547 g/mol. The van der Waals surface area contributed by atoms with Crippen molar-refractivity contribution in [2.75, 3.05) is 28.4 Å². The maximum Gasteiger partial charge on any atom is 0.355 e. The van der Waals surface area contributed by atoms with Gasteiger partial charge in [-0.15, -0.1) is 0 Å². The van der Waals surface area contributed by atoms with Crippen LogP contribution < -0.4 is 0 Å². The largest absolute Gasteiger partial charge is 0.465 e. The first-order valence-electron chi connectivity index (χ1n) is 12.1. The van der Waals surface area contributed by atoms with Crippen molar-refractivity contribution in [2.45, 2.75) is 13.8 Å². The van der Waals surface area contributed by atoms with Crippen LogP contribution in [-0.4, -0.2) is 62.3 Å². The number of hydrogen-bond donors (Lipinski definition) is 2. The van der Waals surface area contributed by atoms with E-state index in [0.717, 1.165) is 11.1 Å².